The number of fused-ring (bicyclic) bond motifs is 3. The molecule has 0 spiro atoms. The number of carbonyl (C=O) groups excluding carboxylic acids is 1. The molecule has 0 saturated carbocycles. The second-order valence-electron chi connectivity index (χ2n) is 16.1. The molecule has 6 heterocycles. The zero-order valence-electron chi connectivity index (χ0n) is 33.1. The van der Waals surface area contributed by atoms with E-state index in [0.29, 0.717) is 75.3 Å². The molecule has 3 aromatic carbocycles. The van der Waals surface area contributed by atoms with Gasteiger partial charge in [-0.3, -0.25) is 18.6 Å². The molecule has 1 saturated heterocycles. The molecule has 9 rings (SSSR count). The van der Waals surface area contributed by atoms with E-state index in [1.54, 1.807) is 65.6 Å². The fourth-order valence-electron chi connectivity index (χ4n) is 8.97. The highest BCUT2D eigenvalue weighted by atomic mass is 32.1. The molecule has 58 heavy (non-hydrogen) atoms. The van der Waals surface area contributed by atoms with Crippen molar-refractivity contribution in [3.05, 3.63) is 122 Å². The summed E-state index contributed by atoms with van der Waals surface area (Å²) in [6.45, 7) is 10.5. The normalized spacial score (nSPS) is 17.9. The first-order valence-corrected chi connectivity index (χ1v) is 20.2. The van der Waals surface area contributed by atoms with Gasteiger partial charge < -0.3 is 9.64 Å². The molecule has 1 unspecified atom stereocenters. The summed E-state index contributed by atoms with van der Waals surface area (Å²) < 4.78 is 43.7. The van der Waals surface area contributed by atoms with Crippen molar-refractivity contribution >= 4 is 38.2 Å². The van der Waals surface area contributed by atoms with Gasteiger partial charge in [-0.05, 0) is 111 Å². The molecular formula is C44H42F2N8O3S. The van der Waals surface area contributed by atoms with Crippen molar-refractivity contribution in [2.24, 2.45) is 7.05 Å². The quantitative estimate of drug-likeness (QED) is 0.167. The second-order valence-corrected chi connectivity index (χ2v) is 17.2. The monoisotopic (exact) mass is 800 g/mol. The van der Waals surface area contributed by atoms with Gasteiger partial charge in [-0.15, -0.1) is 11.3 Å². The topological polar surface area (TPSA) is 116 Å². The lowest BCUT2D eigenvalue weighted by Crippen LogP contribution is -2.39. The fourth-order valence-corrected chi connectivity index (χ4v) is 10.2. The Labute approximate surface area is 337 Å². The second kappa shape index (κ2) is 13.9. The van der Waals surface area contributed by atoms with Gasteiger partial charge >= 0.3 is 5.69 Å². The summed E-state index contributed by atoms with van der Waals surface area (Å²) in [6, 6.07) is 14.7. The van der Waals surface area contributed by atoms with Gasteiger partial charge in [0.1, 0.15) is 11.6 Å². The van der Waals surface area contributed by atoms with E-state index in [1.165, 1.54) is 38.4 Å². The maximum absolute atomic E-state index is 16.0. The number of thiophene rings is 1. The highest BCUT2D eigenvalue weighted by Crippen LogP contribution is 2.42. The number of halogens is 2. The molecule has 2 aliphatic rings. The van der Waals surface area contributed by atoms with Gasteiger partial charge in [-0.1, -0.05) is 12.1 Å². The molecule has 7 aromatic rings. The molecule has 11 nitrogen and oxygen atoms in total. The Balaban J connectivity index is 1.15. The first-order chi connectivity index (χ1) is 27.8. The van der Waals surface area contributed by atoms with Crippen LogP contribution in [0.3, 0.4) is 0 Å². The third-order valence-corrected chi connectivity index (χ3v) is 13.1. The number of hydrogen-bond acceptors (Lipinski definition) is 7. The van der Waals surface area contributed by atoms with Crippen molar-refractivity contribution in [3.63, 3.8) is 0 Å². The molecule has 4 aromatic heterocycles. The van der Waals surface area contributed by atoms with Gasteiger partial charge in [0.05, 0.1) is 63.2 Å². The van der Waals surface area contributed by atoms with E-state index in [9.17, 15) is 19.2 Å². The smallest absolute Gasteiger partial charge is 0.338 e. The zero-order valence-corrected chi connectivity index (χ0v) is 34.0. The molecule has 2 atom stereocenters. The zero-order chi connectivity index (χ0) is 40.8. The summed E-state index contributed by atoms with van der Waals surface area (Å²) in [4.78, 5) is 31.6. The maximum atomic E-state index is 16.0. The summed E-state index contributed by atoms with van der Waals surface area (Å²) in [5.41, 5.74) is 4.47. The van der Waals surface area contributed by atoms with Crippen molar-refractivity contribution < 1.29 is 18.3 Å². The molecule has 0 bridgehead atoms. The molecule has 1 amide bonds. The van der Waals surface area contributed by atoms with Crippen molar-refractivity contribution in [2.45, 2.75) is 77.9 Å². The average molecular weight is 801 g/mol. The van der Waals surface area contributed by atoms with Gasteiger partial charge in [-0.25, -0.2) is 18.3 Å². The van der Waals surface area contributed by atoms with E-state index in [2.05, 4.69) is 37.1 Å². The number of hydrogen-bond donors (Lipinski definition) is 0. The predicted molar refractivity (Wildman–Crippen MR) is 218 cm³/mol. The maximum Gasteiger partial charge on any atom is 0.338 e. The third kappa shape index (κ3) is 5.98. The Morgan fingerprint density at radius 1 is 1.05 bits per heavy atom. The number of amides is 1. The van der Waals surface area contributed by atoms with Crippen LogP contribution in [0.2, 0.25) is 0 Å². The van der Waals surface area contributed by atoms with E-state index in [4.69, 9.17) is 9.84 Å². The predicted octanol–water partition coefficient (Wildman–Crippen LogP) is 8.31. The third-order valence-electron chi connectivity index (χ3n) is 11.9. The van der Waals surface area contributed by atoms with E-state index in [1.807, 2.05) is 13.0 Å². The molecule has 1 fully saturated rings. The highest BCUT2D eigenvalue weighted by Gasteiger charge is 2.37. The number of nitriles is 1. The molecule has 0 aliphatic carbocycles. The summed E-state index contributed by atoms with van der Waals surface area (Å²) >= 11 is 1.41. The fraction of sp³-hybridized carbons (Fsp3) is 0.341. The number of ether oxygens (including phenoxy) is 1. The molecule has 0 N–H and O–H groups in total. The first kappa shape index (κ1) is 37.7. The summed E-state index contributed by atoms with van der Waals surface area (Å²) in [5.74, 6) is -0.434. The number of rotatable bonds is 6. The minimum absolute atomic E-state index is 0.0565. The molecule has 0 radical (unpaired) electrons. The lowest BCUT2D eigenvalue weighted by atomic mass is 9.83. The van der Waals surface area contributed by atoms with E-state index < -0.39 is 17.5 Å². The van der Waals surface area contributed by atoms with Crippen LogP contribution in [0.25, 0.3) is 38.2 Å². The van der Waals surface area contributed by atoms with Gasteiger partial charge in [0.2, 0.25) is 0 Å². The Morgan fingerprint density at radius 2 is 1.81 bits per heavy atom. The van der Waals surface area contributed by atoms with E-state index in [0.717, 1.165) is 22.9 Å². The van der Waals surface area contributed by atoms with E-state index >= 15 is 4.39 Å². The van der Waals surface area contributed by atoms with Crippen LogP contribution in [0.5, 0.6) is 0 Å². The van der Waals surface area contributed by atoms with Gasteiger partial charge in [0.15, 0.2) is 5.82 Å². The van der Waals surface area contributed by atoms with E-state index in [-0.39, 0.29) is 34.8 Å². The van der Waals surface area contributed by atoms with Crippen molar-refractivity contribution in [2.75, 3.05) is 13.2 Å². The molecular weight excluding hydrogens is 759 g/mol. The Hall–Kier alpha value is -5.91. The van der Waals surface area contributed by atoms with Crippen molar-refractivity contribution in [1.82, 2.24) is 33.6 Å². The average Bonchev–Trinajstić information content (AvgIpc) is 3.97. The van der Waals surface area contributed by atoms with Crippen LogP contribution in [0.4, 0.5) is 8.78 Å². The number of carbonyl (C=O) groups is 1. The molecule has 296 valence electrons. The minimum Gasteiger partial charge on any atom is -0.376 e. The van der Waals surface area contributed by atoms with Crippen LogP contribution in [0.1, 0.15) is 88.8 Å². The number of aromatic nitrogens is 6. The molecule has 14 heteroatoms. The van der Waals surface area contributed by atoms with Gasteiger partial charge in [0.25, 0.3) is 5.91 Å². The number of imidazole rings is 1. The standard InChI is InChI=1S/C44H42F2N8O3S/c1-24-19-29(20-25(2)38(24)45)54-41(53-17-16-52(43(53)56)35-10-9-34-32(39(35)46)23-48-50(34)6)37-26(3)51(15-12-33(37)49-54)42(55)40-31(11-14-47)30-8-7-27(21-36(30)58-40)28-13-18-57-44(4,5)22-28/h7-10,16-17,19-21,23,26,28H,11-13,15,18,22H2,1-6H3/t26-,28?/m0/s1. The Kier molecular flexibility index (Phi) is 9.01. The van der Waals surface area contributed by atoms with Gasteiger partial charge in [-0.2, -0.15) is 15.5 Å². The number of benzene rings is 3. The Morgan fingerprint density at radius 3 is 2.55 bits per heavy atom. The number of nitrogens with zero attached hydrogens (tertiary/aromatic N) is 8. The van der Waals surface area contributed by atoms with Gasteiger partial charge in [0, 0.05) is 49.3 Å². The number of aryl methyl sites for hydroxylation is 3. The highest BCUT2D eigenvalue weighted by molar-refractivity contribution is 7.21. The first-order valence-electron chi connectivity index (χ1n) is 19.4. The Bertz CT molecular complexity index is 2900. The van der Waals surface area contributed by atoms with Crippen LogP contribution in [0.15, 0.2) is 65.8 Å². The van der Waals surface area contributed by atoms with Crippen LogP contribution in [-0.4, -0.2) is 58.3 Å². The lowest BCUT2D eigenvalue weighted by molar-refractivity contribution is -0.0592. The van der Waals surface area contributed by atoms with Crippen LogP contribution in [-0.2, 0) is 24.6 Å². The van der Waals surface area contributed by atoms with Crippen molar-refractivity contribution in [1.29, 1.82) is 5.26 Å². The van der Waals surface area contributed by atoms with Crippen molar-refractivity contribution in [3.8, 4) is 23.3 Å². The summed E-state index contributed by atoms with van der Waals surface area (Å²) in [7, 11) is 1.72. The van der Waals surface area contributed by atoms with Crippen LogP contribution < -0.4 is 5.69 Å². The summed E-state index contributed by atoms with van der Waals surface area (Å²) in [5, 5.41) is 20.3. The van der Waals surface area contributed by atoms with Crippen LogP contribution >= 0.6 is 11.3 Å². The summed E-state index contributed by atoms with van der Waals surface area (Å²) in [6.07, 6.45) is 6.77. The minimum atomic E-state index is -0.587. The SMILES string of the molecule is Cc1cc(-n2nc3c(c2-n2ccn(-c4ccc5c(cnn5C)c4F)c2=O)[C@H](C)N(C(=O)c2sc4cc(C5CCOC(C)(C)C5)ccc4c2CC#N)CC3)cc(C)c1F. The van der Waals surface area contributed by atoms with Crippen LogP contribution in [0, 0.1) is 36.8 Å². The lowest BCUT2D eigenvalue weighted by Gasteiger charge is -2.35. The molecule has 2 aliphatic heterocycles. The largest absolute Gasteiger partial charge is 0.376 e.